The predicted molar refractivity (Wildman–Crippen MR) is 67.7 cm³/mol. The number of hydrogen-bond donors (Lipinski definition) is 2. The smallest absolute Gasteiger partial charge is 0.225 e. The van der Waals surface area contributed by atoms with Crippen molar-refractivity contribution in [3.63, 3.8) is 0 Å². The van der Waals surface area contributed by atoms with Gasteiger partial charge in [0.1, 0.15) is 11.6 Å². The maximum absolute atomic E-state index is 12.6. The normalized spacial score (nSPS) is 16.5. The van der Waals surface area contributed by atoms with Crippen LogP contribution in [0.4, 0.5) is 10.2 Å². The molecule has 1 aliphatic rings. The fourth-order valence-electron chi connectivity index (χ4n) is 2.16. The average Bonchev–Trinajstić information content (AvgIpc) is 2.40. The van der Waals surface area contributed by atoms with Gasteiger partial charge in [0.15, 0.2) is 0 Å². The fourth-order valence-corrected chi connectivity index (χ4v) is 2.16. The first kappa shape index (κ1) is 13.0. The standard InChI is InChI=1S/C13H18FN3O/c14-11-2-3-12(16-9-11)17-13(18)4-1-10-5-7-15-8-6-10/h2-3,9-10,15H,1,4-8H2,(H,16,17,18). The van der Waals surface area contributed by atoms with E-state index in [1.807, 2.05) is 0 Å². The molecule has 0 radical (unpaired) electrons. The van der Waals surface area contributed by atoms with Crippen LogP contribution in [0, 0.1) is 11.7 Å². The minimum atomic E-state index is -0.400. The molecule has 0 aromatic carbocycles. The van der Waals surface area contributed by atoms with E-state index >= 15 is 0 Å². The van der Waals surface area contributed by atoms with Crippen LogP contribution in [0.2, 0.25) is 0 Å². The SMILES string of the molecule is O=C(CCC1CCNCC1)Nc1ccc(F)cn1. The molecule has 98 valence electrons. The van der Waals surface area contributed by atoms with Crippen molar-refractivity contribution in [3.8, 4) is 0 Å². The van der Waals surface area contributed by atoms with Gasteiger partial charge in [0.05, 0.1) is 6.20 Å². The summed E-state index contributed by atoms with van der Waals surface area (Å²) in [6.45, 7) is 2.09. The molecule has 1 amide bonds. The van der Waals surface area contributed by atoms with Gasteiger partial charge >= 0.3 is 0 Å². The molecule has 0 bridgehead atoms. The third-order valence-corrected chi connectivity index (χ3v) is 3.23. The van der Waals surface area contributed by atoms with Crippen molar-refractivity contribution in [2.45, 2.75) is 25.7 Å². The summed E-state index contributed by atoms with van der Waals surface area (Å²) in [6.07, 6.45) is 4.80. The zero-order valence-electron chi connectivity index (χ0n) is 10.3. The number of halogens is 1. The lowest BCUT2D eigenvalue weighted by Gasteiger charge is -2.22. The highest BCUT2D eigenvalue weighted by Gasteiger charge is 2.14. The monoisotopic (exact) mass is 251 g/mol. The van der Waals surface area contributed by atoms with Crippen molar-refractivity contribution in [2.24, 2.45) is 5.92 Å². The molecule has 0 atom stereocenters. The first-order chi connectivity index (χ1) is 8.74. The van der Waals surface area contributed by atoms with Crippen molar-refractivity contribution >= 4 is 11.7 Å². The zero-order valence-corrected chi connectivity index (χ0v) is 10.3. The number of carbonyl (C=O) groups is 1. The van der Waals surface area contributed by atoms with Crippen LogP contribution in [0.3, 0.4) is 0 Å². The highest BCUT2D eigenvalue weighted by atomic mass is 19.1. The summed E-state index contributed by atoms with van der Waals surface area (Å²) in [6, 6.07) is 2.76. The molecule has 2 heterocycles. The number of amides is 1. The molecule has 1 fully saturated rings. The molecule has 0 saturated carbocycles. The third-order valence-electron chi connectivity index (χ3n) is 3.23. The molecule has 0 aliphatic carbocycles. The number of rotatable bonds is 4. The Bertz CT molecular complexity index is 388. The van der Waals surface area contributed by atoms with Gasteiger partial charge in [-0.1, -0.05) is 0 Å². The molecule has 0 spiro atoms. The minimum Gasteiger partial charge on any atom is -0.317 e. The first-order valence-corrected chi connectivity index (χ1v) is 6.36. The van der Waals surface area contributed by atoms with Crippen molar-refractivity contribution in [1.29, 1.82) is 0 Å². The van der Waals surface area contributed by atoms with Gasteiger partial charge in [-0.05, 0) is 50.4 Å². The van der Waals surface area contributed by atoms with Gasteiger partial charge in [-0.2, -0.15) is 0 Å². The maximum Gasteiger partial charge on any atom is 0.225 e. The highest BCUT2D eigenvalue weighted by Crippen LogP contribution is 2.18. The second-order valence-corrected chi connectivity index (χ2v) is 4.64. The molecule has 1 saturated heterocycles. The minimum absolute atomic E-state index is 0.0485. The van der Waals surface area contributed by atoms with E-state index in [0.717, 1.165) is 38.5 Å². The summed E-state index contributed by atoms with van der Waals surface area (Å²) >= 11 is 0. The molecule has 1 aliphatic heterocycles. The van der Waals surface area contributed by atoms with E-state index in [2.05, 4.69) is 15.6 Å². The van der Waals surface area contributed by atoms with Crippen LogP contribution in [-0.4, -0.2) is 24.0 Å². The number of anilines is 1. The summed E-state index contributed by atoms with van der Waals surface area (Å²) in [5, 5.41) is 5.98. The van der Waals surface area contributed by atoms with Crippen LogP contribution in [-0.2, 0) is 4.79 Å². The van der Waals surface area contributed by atoms with Gasteiger partial charge in [-0.3, -0.25) is 4.79 Å². The highest BCUT2D eigenvalue weighted by molar-refractivity contribution is 5.89. The van der Waals surface area contributed by atoms with E-state index < -0.39 is 5.82 Å². The Hall–Kier alpha value is -1.49. The first-order valence-electron chi connectivity index (χ1n) is 6.36. The van der Waals surface area contributed by atoms with Crippen LogP contribution in [0.15, 0.2) is 18.3 Å². The molecule has 2 rings (SSSR count). The number of hydrogen-bond acceptors (Lipinski definition) is 3. The lowest BCUT2D eigenvalue weighted by atomic mass is 9.93. The predicted octanol–water partition coefficient (Wildman–Crippen LogP) is 1.94. The fraction of sp³-hybridized carbons (Fsp3) is 0.538. The van der Waals surface area contributed by atoms with E-state index in [9.17, 15) is 9.18 Å². The van der Waals surface area contributed by atoms with Gasteiger partial charge in [-0.25, -0.2) is 9.37 Å². The number of piperidine rings is 1. The summed E-state index contributed by atoms with van der Waals surface area (Å²) in [7, 11) is 0. The summed E-state index contributed by atoms with van der Waals surface area (Å²) in [4.78, 5) is 15.5. The van der Waals surface area contributed by atoms with Gasteiger partial charge in [0, 0.05) is 6.42 Å². The molecular weight excluding hydrogens is 233 g/mol. The lowest BCUT2D eigenvalue weighted by Crippen LogP contribution is -2.28. The van der Waals surface area contributed by atoms with Gasteiger partial charge in [0.2, 0.25) is 5.91 Å². The summed E-state index contributed by atoms with van der Waals surface area (Å²) in [5.41, 5.74) is 0. The van der Waals surface area contributed by atoms with Gasteiger partial charge < -0.3 is 10.6 Å². The van der Waals surface area contributed by atoms with E-state index in [0.29, 0.717) is 18.2 Å². The number of pyridine rings is 1. The number of aromatic nitrogens is 1. The van der Waals surface area contributed by atoms with Crippen LogP contribution >= 0.6 is 0 Å². The third kappa shape index (κ3) is 4.07. The quantitative estimate of drug-likeness (QED) is 0.859. The summed E-state index contributed by atoms with van der Waals surface area (Å²) < 4.78 is 12.6. The second kappa shape index (κ2) is 6.44. The Balaban J connectivity index is 1.73. The van der Waals surface area contributed by atoms with Crippen LogP contribution < -0.4 is 10.6 Å². The Morgan fingerprint density at radius 2 is 2.22 bits per heavy atom. The van der Waals surface area contributed by atoms with Crippen LogP contribution in [0.1, 0.15) is 25.7 Å². The Morgan fingerprint density at radius 3 is 2.89 bits per heavy atom. The lowest BCUT2D eigenvalue weighted by molar-refractivity contribution is -0.116. The topological polar surface area (TPSA) is 54.0 Å². The van der Waals surface area contributed by atoms with Crippen molar-refractivity contribution < 1.29 is 9.18 Å². The largest absolute Gasteiger partial charge is 0.317 e. The molecule has 2 N–H and O–H groups in total. The van der Waals surface area contributed by atoms with Crippen molar-refractivity contribution in [3.05, 3.63) is 24.1 Å². The number of nitrogens with zero attached hydrogens (tertiary/aromatic N) is 1. The molecule has 4 nitrogen and oxygen atoms in total. The van der Waals surface area contributed by atoms with Crippen LogP contribution in [0.25, 0.3) is 0 Å². The second-order valence-electron chi connectivity index (χ2n) is 4.64. The van der Waals surface area contributed by atoms with E-state index in [1.54, 1.807) is 0 Å². The average molecular weight is 251 g/mol. The summed E-state index contributed by atoms with van der Waals surface area (Å²) in [5.74, 6) is 0.597. The maximum atomic E-state index is 12.6. The number of carbonyl (C=O) groups excluding carboxylic acids is 1. The molecule has 18 heavy (non-hydrogen) atoms. The Labute approximate surface area is 106 Å². The van der Waals surface area contributed by atoms with Crippen LogP contribution in [0.5, 0.6) is 0 Å². The van der Waals surface area contributed by atoms with Crippen molar-refractivity contribution in [2.75, 3.05) is 18.4 Å². The van der Waals surface area contributed by atoms with E-state index in [4.69, 9.17) is 0 Å². The van der Waals surface area contributed by atoms with Gasteiger partial charge in [0.25, 0.3) is 0 Å². The Kier molecular flexibility index (Phi) is 4.64. The molecule has 5 heteroatoms. The Morgan fingerprint density at radius 1 is 1.44 bits per heavy atom. The van der Waals surface area contributed by atoms with E-state index in [-0.39, 0.29) is 5.91 Å². The zero-order chi connectivity index (χ0) is 12.8. The molecule has 0 unspecified atom stereocenters. The van der Waals surface area contributed by atoms with Crippen molar-refractivity contribution in [1.82, 2.24) is 10.3 Å². The van der Waals surface area contributed by atoms with E-state index in [1.165, 1.54) is 12.1 Å². The molecule has 1 aromatic rings. The number of nitrogens with one attached hydrogen (secondary N) is 2. The molecule has 1 aromatic heterocycles. The van der Waals surface area contributed by atoms with Gasteiger partial charge in [-0.15, -0.1) is 0 Å². The molecular formula is C13H18FN3O.